The highest BCUT2D eigenvalue weighted by Crippen LogP contribution is 2.22. The van der Waals surface area contributed by atoms with E-state index in [-0.39, 0.29) is 34.1 Å². The molecule has 128 valence electrons. The maximum absolute atomic E-state index is 14.1. The van der Waals surface area contributed by atoms with Crippen molar-refractivity contribution in [2.45, 2.75) is 13.5 Å². The Morgan fingerprint density at radius 1 is 1.08 bits per heavy atom. The molecular formula is C18H12F3NO3. The second-order valence-corrected chi connectivity index (χ2v) is 5.57. The minimum atomic E-state index is -1.31. The van der Waals surface area contributed by atoms with Gasteiger partial charge in [0.05, 0.1) is 17.5 Å². The van der Waals surface area contributed by atoms with Crippen molar-refractivity contribution in [3.8, 4) is 0 Å². The van der Waals surface area contributed by atoms with Crippen LogP contribution in [0, 0.1) is 24.4 Å². The number of pyridine rings is 1. The van der Waals surface area contributed by atoms with E-state index in [0.29, 0.717) is 0 Å². The number of aromatic carboxylic acids is 1. The molecule has 1 aromatic heterocycles. The van der Waals surface area contributed by atoms with Crippen LogP contribution in [0.2, 0.25) is 0 Å². The summed E-state index contributed by atoms with van der Waals surface area (Å²) in [4.78, 5) is 24.3. The summed E-state index contributed by atoms with van der Waals surface area (Å²) in [5, 5.41) is 9.11. The molecular weight excluding hydrogens is 335 g/mol. The first-order valence-electron chi connectivity index (χ1n) is 7.30. The molecule has 3 rings (SSSR count). The molecule has 0 saturated carbocycles. The zero-order valence-corrected chi connectivity index (χ0v) is 13.0. The smallest absolute Gasteiger partial charge is 0.338 e. The van der Waals surface area contributed by atoms with Crippen molar-refractivity contribution in [3.05, 3.63) is 81.0 Å². The quantitative estimate of drug-likeness (QED) is 0.789. The van der Waals surface area contributed by atoms with Crippen LogP contribution in [0.5, 0.6) is 0 Å². The Morgan fingerprint density at radius 2 is 1.80 bits per heavy atom. The van der Waals surface area contributed by atoms with Crippen LogP contribution in [0.3, 0.4) is 0 Å². The summed E-state index contributed by atoms with van der Waals surface area (Å²) in [7, 11) is 0. The summed E-state index contributed by atoms with van der Waals surface area (Å²) in [6.45, 7) is 1.20. The van der Waals surface area contributed by atoms with E-state index in [9.17, 15) is 27.9 Å². The fourth-order valence-electron chi connectivity index (χ4n) is 2.85. The van der Waals surface area contributed by atoms with E-state index in [0.717, 1.165) is 22.8 Å². The fraction of sp³-hybridized carbons (Fsp3) is 0.111. The van der Waals surface area contributed by atoms with Crippen LogP contribution >= 0.6 is 0 Å². The van der Waals surface area contributed by atoms with Crippen LogP contribution in [0.1, 0.15) is 21.6 Å². The Morgan fingerprint density at radius 3 is 2.44 bits per heavy atom. The maximum Gasteiger partial charge on any atom is 0.338 e. The number of halogens is 3. The van der Waals surface area contributed by atoms with E-state index in [1.165, 1.54) is 25.1 Å². The van der Waals surface area contributed by atoms with Gasteiger partial charge in [-0.1, -0.05) is 18.2 Å². The molecule has 0 atom stereocenters. The number of nitrogens with zero attached hydrogens (tertiary/aromatic N) is 1. The van der Waals surface area contributed by atoms with Gasteiger partial charge in [0.2, 0.25) is 0 Å². The predicted octanol–water partition coefficient (Wildman–Crippen LogP) is 3.47. The molecule has 2 aromatic carbocycles. The van der Waals surface area contributed by atoms with Crippen molar-refractivity contribution in [3.63, 3.8) is 0 Å². The van der Waals surface area contributed by atoms with Gasteiger partial charge in [-0.25, -0.2) is 18.0 Å². The van der Waals surface area contributed by atoms with E-state index in [1.54, 1.807) is 0 Å². The SMILES string of the molecule is Cc1c(C(=O)O)c2cccc(F)c2c(=O)n1Cc1ccc(F)c(F)c1. The molecule has 0 radical (unpaired) electrons. The minimum absolute atomic E-state index is 0.00321. The lowest BCUT2D eigenvalue weighted by Crippen LogP contribution is -2.27. The van der Waals surface area contributed by atoms with Crippen molar-refractivity contribution in [1.82, 2.24) is 4.57 Å². The molecule has 0 aliphatic carbocycles. The number of carbonyl (C=O) groups is 1. The third kappa shape index (κ3) is 2.77. The van der Waals surface area contributed by atoms with Gasteiger partial charge in [0, 0.05) is 11.1 Å². The van der Waals surface area contributed by atoms with Gasteiger partial charge < -0.3 is 9.67 Å². The molecule has 1 N–H and O–H groups in total. The molecule has 0 saturated heterocycles. The van der Waals surface area contributed by atoms with E-state index >= 15 is 0 Å². The van der Waals surface area contributed by atoms with Gasteiger partial charge in [-0.3, -0.25) is 4.79 Å². The van der Waals surface area contributed by atoms with Gasteiger partial charge in [-0.2, -0.15) is 0 Å². The first kappa shape index (κ1) is 16.8. The van der Waals surface area contributed by atoms with Crippen molar-refractivity contribution >= 4 is 16.7 Å². The minimum Gasteiger partial charge on any atom is -0.478 e. The lowest BCUT2D eigenvalue weighted by molar-refractivity contribution is 0.0697. The average molecular weight is 347 g/mol. The van der Waals surface area contributed by atoms with E-state index in [2.05, 4.69) is 0 Å². The molecule has 0 spiro atoms. The number of hydrogen-bond donors (Lipinski definition) is 1. The van der Waals surface area contributed by atoms with E-state index in [4.69, 9.17) is 0 Å². The average Bonchev–Trinajstić information content (AvgIpc) is 2.54. The van der Waals surface area contributed by atoms with E-state index in [1.807, 2.05) is 0 Å². The van der Waals surface area contributed by atoms with Gasteiger partial charge in [0.1, 0.15) is 5.82 Å². The summed E-state index contributed by atoms with van der Waals surface area (Å²) in [5.41, 5.74) is -0.603. The lowest BCUT2D eigenvalue weighted by Gasteiger charge is -2.15. The zero-order chi connectivity index (χ0) is 18.3. The Labute approximate surface area is 139 Å². The second kappa shape index (κ2) is 6.08. The Balaban J connectivity index is 2.31. The number of benzene rings is 2. The van der Waals surface area contributed by atoms with Crippen LogP contribution in [-0.2, 0) is 6.54 Å². The van der Waals surface area contributed by atoms with Gasteiger partial charge in [-0.05, 0) is 30.7 Å². The number of fused-ring (bicyclic) bond motifs is 1. The van der Waals surface area contributed by atoms with Crippen molar-refractivity contribution in [1.29, 1.82) is 0 Å². The number of aromatic nitrogens is 1. The van der Waals surface area contributed by atoms with Crippen molar-refractivity contribution in [2.75, 3.05) is 0 Å². The highest BCUT2D eigenvalue weighted by atomic mass is 19.2. The Hall–Kier alpha value is -3.09. The number of carboxylic acids is 1. The molecule has 0 fully saturated rings. The summed E-state index contributed by atoms with van der Waals surface area (Å²) < 4.78 is 41.6. The third-order valence-electron chi connectivity index (χ3n) is 4.05. The standard InChI is InChI=1S/C18H12F3NO3/c1-9-15(18(24)25)11-3-2-4-13(20)16(11)17(23)22(9)8-10-5-6-12(19)14(21)7-10/h2-7H,8H2,1H3,(H,24,25). The maximum atomic E-state index is 14.1. The van der Waals surface area contributed by atoms with Gasteiger partial charge in [0.15, 0.2) is 11.6 Å². The molecule has 7 heteroatoms. The highest BCUT2D eigenvalue weighted by Gasteiger charge is 2.21. The first-order chi connectivity index (χ1) is 11.8. The predicted molar refractivity (Wildman–Crippen MR) is 85.3 cm³/mol. The summed E-state index contributed by atoms with van der Waals surface area (Å²) in [6.07, 6.45) is 0. The summed E-state index contributed by atoms with van der Waals surface area (Å²) in [5.74, 6) is -4.28. The Kier molecular flexibility index (Phi) is 4.08. The van der Waals surface area contributed by atoms with Gasteiger partial charge in [0.25, 0.3) is 5.56 Å². The fourth-order valence-corrected chi connectivity index (χ4v) is 2.85. The molecule has 4 nitrogen and oxygen atoms in total. The first-order valence-corrected chi connectivity index (χ1v) is 7.30. The summed E-state index contributed by atoms with van der Waals surface area (Å²) in [6, 6.07) is 6.84. The number of carboxylic acid groups (broad SMARTS) is 1. The van der Waals surface area contributed by atoms with Crippen LogP contribution in [0.15, 0.2) is 41.2 Å². The normalized spacial score (nSPS) is 11.0. The van der Waals surface area contributed by atoms with Crippen LogP contribution in [0.4, 0.5) is 13.2 Å². The molecule has 25 heavy (non-hydrogen) atoms. The largest absolute Gasteiger partial charge is 0.478 e. The zero-order valence-electron chi connectivity index (χ0n) is 13.0. The second-order valence-electron chi connectivity index (χ2n) is 5.57. The van der Waals surface area contributed by atoms with Crippen LogP contribution < -0.4 is 5.56 Å². The summed E-state index contributed by atoms with van der Waals surface area (Å²) >= 11 is 0. The molecule has 0 aliphatic heterocycles. The molecule has 0 bridgehead atoms. The van der Waals surface area contributed by atoms with Crippen molar-refractivity contribution < 1.29 is 23.1 Å². The molecule has 3 aromatic rings. The highest BCUT2D eigenvalue weighted by molar-refractivity contribution is 6.04. The van der Waals surface area contributed by atoms with Crippen molar-refractivity contribution in [2.24, 2.45) is 0 Å². The topological polar surface area (TPSA) is 59.3 Å². The molecule has 0 amide bonds. The lowest BCUT2D eigenvalue weighted by atomic mass is 10.0. The third-order valence-corrected chi connectivity index (χ3v) is 4.05. The van der Waals surface area contributed by atoms with Gasteiger partial charge >= 0.3 is 5.97 Å². The number of rotatable bonds is 3. The molecule has 0 unspecified atom stereocenters. The van der Waals surface area contributed by atoms with Crippen LogP contribution in [-0.4, -0.2) is 15.6 Å². The van der Waals surface area contributed by atoms with Gasteiger partial charge in [-0.15, -0.1) is 0 Å². The molecule has 0 aliphatic rings. The van der Waals surface area contributed by atoms with E-state index < -0.39 is 29.0 Å². The monoisotopic (exact) mass is 347 g/mol. The van der Waals surface area contributed by atoms with Crippen LogP contribution in [0.25, 0.3) is 10.8 Å². The number of hydrogen-bond acceptors (Lipinski definition) is 2. The Bertz CT molecular complexity index is 1070. The molecule has 1 heterocycles.